The highest BCUT2D eigenvalue weighted by Gasteiger charge is 2.43. The second-order valence-electron chi connectivity index (χ2n) is 6.97. The number of nitrogens with one attached hydrogen (secondary N) is 2. The molecule has 1 heterocycles. The maximum Gasteiger partial charge on any atom is 0.322 e. The van der Waals surface area contributed by atoms with Gasteiger partial charge in [0.25, 0.3) is 11.8 Å². The first-order chi connectivity index (χ1) is 13.4. The van der Waals surface area contributed by atoms with Gasteiger partial charge in [0.1, 0.15) is 5.54 Å². The minimum atomic E-state index is -1.14. The lowest BCUT2D eigenvalue weighted by atomic mass is 9.91. The van der Waals surface area contributed by atoms with Crippen LogP contribution in [0.1, 0.15) is 34.8 Å². The predicted octanol–water partition coefficient (Wildman–Crippen LogP) is 2.15. The van der Waals surface area contributed by atoms with Crippen molar-refractivity contribution in [3.63, 3.8) is 0 Å². The predicted molar refractivity (Wildman–Crippen MR) is 113 cm³/mol. The molecule has 2 aromatic rings. The Morgan fingerprint density at radius 2 is 1.72 bits per heavy atom. The molecule has 0 radical (unpaired) electrons. The minimum Gasteiger partial charge on any atom is -0.334 e. The summed E-state index contributed by atoms with van der Waals surface area (Å²) in [7, 11) is 0. The van der Waals surface area contributed by atoms with Gasteiger partial charge in [-0.3, -0.25) is 14.9 Å². The monoisotopic (exact) mass is 416 g/mol. The molecular weight excluding hydrogens is 392 g/mol. The van der Waals surface area contributed by atoms with Crippen molar-refractivity contribution < 1.29 is 14.4 Å². The first-order valence-electron chi connectivity index (χ1n) is 9.21. The third-order valence-electron chi connectivity index (χ3n) is 4.89. The number of hydrogen-bond acceptors (Lipinski definition) is 4. The van der Waals surface area contributed by atoms with E-state index in [4.69, 9.17) is 5.73 Å². The van der Waals surface area contributed by atoms with Gasteiger partial charge in [-0.25, -0.2) is 4.79 Å². The van der Waals surface area contributed by atoms with Gasteiger partial charge in [-0.15, -0.1) is 12.4 Å². The number of amides is 4. The number of urea groups is 1. The zero-order chi connectivity index (χ0) is 20.1. The molecule has 0 spiro atoms. The zero-order valence-electron chi connectivity index (χ0n) is 16.2. The molecule has 1 atom stereocenters. The number of hydrogen-bond donors (Lipinski definition) is 3. The van der Waals surface area contributed by atoms with Crippen LogP contribution in [-0.4, -0.2) is 35.8 Å². The molecule has 29 heavy (non-hydrogen) atoms. The molecule has 1 fully saturated rings. The molecule has 3 rings (SSSR count). The zero-order valence-corrected chi connectivity index (χ0v) is 17.0. The van der Waals surface area contributed by atoms with Gasteiger partial charge in [0, 0.05) is 18.7 Å². The molecule has 0 saturated carbocycles. The molecule has 7 nitrogen and oxygen atoms in total. The summed E-state index contributed by atoms with van der Waals surface area (Å²) >= 11 is 0. The summed E-state index contributed by atoms with van der Waals surface area (Å²) in [5, 5.41) is 4.86. The van der Waals surface area contributed by atoms with Gasteiger partial charge in [0.15, 0.2) is 0 Å². The van der Waals surface area contributed by atoms with Crippen molar-refractivity contribution in [3.05, 3.63) is 71.3 Å². The standard InChI is InChI=1S/C21H24N4O3.ClH/c1-21(19(27)23-20(28)24-21)17-10-8-16(9-11-17)18(26)25(13-5-12-22)14-15-6-3-2-4-7-15;/h2-4,6-11H,5,12-14,22H2,1H3,(H2,23,24,27,28);1H. The van der Waals surface area contributed by atoms with Crippen LogP contribution in [0.25, 0.3) is 0 Å². The van der Waals surface area contributed by atoms with Crippen LogP contribution in [0.5, 0.6) is 0 Å². The molecule has 1 aliphatic heterocycles. The lowest BCUT2D eigenvalue weighted by Crippen LogP contribution is -2.40. The second-order valence-corrected chi connectivity index (χ2v) is 6.97. The Morgan fingerprint density at radius 1 is 1.07 bits per heavy atom. The summed E-state index contributed by atoms with van der Waals surface area (Å²) in [5.41, 5.74) is 6.67. The Balaban J connectivity index is 0.00000300. The lowest BCUT2D eigenvalue weighted by molar-refractivity contribution is -0.123. The average Bonchev–Trinajstić information content (AvgIpc) is 2.98. The molecule has 4 N–H and O–H groups in total. The van der Waals surface area contributed by atoms with Gasteiger partial charge < -0.3 is 16.0 Å². The normalized spacial score (nSPS) is 17.9. The number of carbonyl (C=O) groups excluding carboxylic acids is 3. The van der Waals surface area contributed by atoms with E-state index in [1.807, 2.05) is 30.3 Å². The van der Waals surface area contributed by atoms with Gasteiger partial charge >= 0.3 is 6.03 Å². The first-order valence-corrected chi connectivity index (χ1v) is 9.21. The van der Waals surface area contributed by atoms with Crippen LogP contribution in [0.4, 0.5) is 4.79 Å². The van der Waals surface area contributed by atoms with Gasteiger partial charge in [-0.05, 0) is 43.1 Å². The quantitative estimate of drug-likeness (QED) is 0.601. The van der Waals surface area contributed by atoms with Gasteiger partial charge in [-0.2, -0.15) is 0 Å². The minimum absolute atomic E-state index is 0. The van der Waals surface area contributed by atoms with E-state index in [2.05, 4.69) is 10.6 Å². The molecule has 1 unspecified atom stereocenters. The number of benzene rings is 2. The van der Waals surface area contributed by atoms with Crippen LogP contribution in [0.3, 0.4) is 0 Å². The molecule has 1 saturated heterocycles. The number of carbonyl (C=O) groups is 3. The molecule has 0 bridgehead atoms. The van der Waals surface area contributed by atoms with E-state index in [0.717, 1.165) is 5.56 Å². The van der Waals surface area contributed by atoms with Gasteiger partial charge in [-0.1, -0.05) is 42.5 Å². The van der Waals surface area contributed by atoms with E-state index >= 15 is 0 Å². The maximum absolute atomic E-state index is 13.0. The fourth-order valence-corrected chi connectivity index (χ4v) is 3.21. The Kier molecular flexibility index (Phi) is 7.36. The highest BCUT2D eigenvalue weighted by Crippen LogP contribution is 2.25. The number of halogens is 1. The molecular formula is C21H25ClN4O3. The molecule has 0 aliphatic carbocycles. The summed E-state index contributed by atoms with van der Waals surface area (Å²) in [5.74, 6) is -0.515. The van der Waals surface area contributed by atoms with Gasteiger partial charge in [0.05, 0.1) is 0 Å². The smallest absolute Gasteiger partial charge is 0.322 e. The van der Waals surface area contributed by atoms with Gasteiger partial charge in [0.2, 0.25) is 0 Å². The van der Waals surface area contributed by atoms with Crippen LogP contribution < -0.4 is 16.4 Å². The van der Waals surface area contributed by atoms with Crippen molar-refractivity contribution in [2.75, 3.05) is 13.1 Å². The third kappa shape index (κ3) is 4.93. The summed E-state index contributed by atoms with van der Waals surface area (Å²) in [6.07, 6.45) is 0.709. The molecule has 2 aromatic carbocycles. The molecule has 154 valence electrons. The Morgan fingerprint density at radius 3 is 2.28 bits per heavy atom. The number of nitrogens with zero attached hydrogens (tertiary/aromatic N) is 1. The SMILES string of the molecule is CC1(c2ccc(C(=O)N(CCCN)Cc3ccccc3)cc2)NC(=O)NC1=O.Cl. The molecule has 8 heteroatoms. The van der Waals surface area contributed by atoms with Crippen LogP contribution in [0, 0.1) is 0 Å². The van der Waals surface area contributed by atoms with E-state index < -0.39 is 17.5 Å². The topological polar surface area (TPSA) is 105 Å². The maximum atomic E-state index is 13.0. The van der Waals surface area contributed by atoms with E-state index in [1.54, 1.807) is 36.1 Å². The van der Waals surface area contributed by atoms with Crippen molar-refractivity contribution in [3.8, 4) is 0 Å². The fourth-order valence-electron chi connectivity index (χ4n) is 3.21. The summed E-state index contributed by atoms with van der Waals surface area (Å²) in [6, 6.07) is 16.0. The van der Waals surface area contributed by atoms with Crippen molar-refractivity contribution >= 4 is 30.3 Å². The number of nitrogens with two attached hydrogens (primary N) is 1. The third-order valence-corrected chi connectivity index (χ3v) is 4.89. The average molecular weight is 417 g/mol. The van der Waals surface area contributed by atoms with E-state index in [9.17, 15) is 14.4 Å². The Labute approximate surface area is 176 Å². The summed E-state index contributed by atoms with van der Waals surface area (Å²) in [6.45, 7) is 3.19. The Hall–Kier alpha value is -2.90. The van der Waals surface area contributed by atoms with Crippen molar-refractivity contribution in [1.29, 1.82) is 0 Å². The van der Waals surface area contributed by atoms with E-state index in [-0.39, 0.29) is 18.3 Å². The van der Waals surface area contributed by atoms with Crippen molar-refractivity contribution in [2.24, 2.45) is 5.73 Å². The van der Waals surface area contributed by atoms with Crippen LogP contribution in [0.2, 0.25) is 0 Å². The lowest BCUT2D eigenvalue weighted by Gasteiger charge is -2.24. The van der Waals surface area contributed by atoms with Crippen molar-refractivity contribution in [2.45, 2.75) is 25.4 Å². The molecule has 0 aromatic heterocycles. The molecule has 1 aliphatic rings. The van der Waals surface area contributed by atoms with Crippen LogP contribution in [0.15, 0.2) is 54.6 Å². The highest BCUT2D eigenvalue weighted by molar-refractivity contribution is 6.07. The fraction of sp³-hybridized carbons (Fsp3) is 0.286. The summed E-state index contributed by atoms with van der Waals surface area (Å²) in [4.78, 5) is 38.3. The molecule has 4 amide bonds. The number of rotatable bonds is 7. The van der Waals surface area contributed by atoms with Crippen LogP contribution in [-0.2, 0) is 16.9 Å². The highest BCUT2D eigenvalue weighted by atomic mass is 35.5. The summed E-state index contributed by atoms with van der Waals surface area (Å²) < 4.78 is 0. The largest absolute Gasteiger partial charge is 0.334 e. The first kappa shape index (κ1) is 22.4. The van der Waals surface area contributed by atoms with E-state index in [0.29, 0.717) is 37.2 Å². The Bertz CT molecular complexity index is 873. The van der Waals surface area contributed by atoms with Crippen molar-refractivity contribution in [1.82, 2.24) is 15.5 Å². The number of imide groups is 1. The van der Waals surface area contributed by atoms with E-state index in [1.165, 1.54) is 0 Å². The second kappa shape index (κ2) is 9.54. The van der Waals surface area contributed by atoms with Crippen LogP contribution >= 0.6 is 12.4 Å².